The Morgan fingerprint density at radius 2 is 1.85 bits per heavy atom. The van der Waals surface area contributed by atoms with E-state index in [-0.39, 0.29) is 0 Å². The van der Waals surface area contributed by atoms with Crippen LogP contribution in [0.25, 0.3) is 0 Å². The molecule has 3 nitrogen and oxygen atoms in total. The molecule has 0 heterocycles. The van der Waals surface area contributed by atoms with Gasteiger partial charge in [0.1, 0.15) is 11.5 Å². The molecular formula is C16H18ClNO2. The molecule has 2 aromatic rings. The molecule has 0 radical (unpaired) electrons. The highest BCUT2D eigenvalue weighted by molar-refractivity contribution is 6.31. The van der Waals surface area contributed by atoms with Crippen LogP contribution in [0.5, 0.6) is 11.5 Å². The van der Waals surface area contributed by atoms with Gasteiger partial charge in [-0.2, -0.15) is 0 Å². The number of anilines is 1. The Hall–Kier alpha value is -1.87. The molecule has 0 atom stereocenters. The second-order valence-electron chi connectivity index (χ2n) is 4.50. The predicted octanol–water partition coefficient (Wildman–Crippen LogP) is 4.28. The van der Waals surface area contributed by atoms with Crippen molar-refractivity contribution in [3.8, 4) is 11.5 Å². The Bertz CT molecular complexity index is 599. The molecule has 0 amide bonds. The summed E-state index contributed by atoms with van der Waals surface area (Å²) < 4.78 is 10.6. The Balaban J connectivity index is 2.12. The lowest BCUT2D eigenvalue weighted by atomic mass is 10.1. The molecule has 0 spiro atoms. The third-order valence-corrected chi connectivity index (χ3v) is 3.56. The molecule has 0 fully saturated rings. The number of ether oxygens (including phenoxy) is 2. The zero-order chi connectivity index (χ0) is 14.5. The molecule has 2 rings (SSSR count). The minimum absolute atomic E-state index is 0.675. The van der Waals surface area contributed by atoms with Crippen molar-refractivity contribution < 1.29 is 9.47 Å². The van der Waals surface area contributed by atoms with Crippen molar-refractivity contribution in [1.82, 2.24) is 0 Å². The molecular weight excluding hydrogens is 274 g/mol. The largest absolute Gasteiger partial charge is 0.497 e. The lowest BCUT2D eigenvalue weighted by Crippen LogP contribution is -2.02. The number of rotatable bonds is 5. The van der Waals surface area contributed by atoms with Crippen LogP contribution in [0.2, 0.25) is 5.02 Å². The maximum Gasteiger partial charge on any atom is 0.127 e. The van der Waals surface area contributed by atoms with Gasteiger partial charge in [0.05, 0.1) is 14.2 Å². The van der Waals surface area contributed by atoms with Crippen LogP contribution in [0, 0.1) is 6.92 Å². The zero-order valence-electron chi connectivity index (χ0n) is 11.9. The van der Waals surface area contributed by atoms with E-state index in [1.165, 1.54) is 0 Å². The first-order valence-electron chi connectivity index (χ1n) is 6.35. The van der Waals surface area contributed by atoms with Crippen LogP contribution >= 0.6 is 11.6 Å². The van der Waals surface area contributed by atoms with Crippen LogP contribution in [0.1, 0.15) is 11.1 Å². The van der Waals surface area contributed by atoms with Gasteiger partial charge in [0.25, 0.3) is 0 Å². The van der Waals surface area contributed by atoms with Crippen LogP contribution in [-0.2, 0) is 6.54 Å². The smallest absolute Gasteiger partial charge is 0.127 e. The summed E-state index contributed by atoms with van der Waals surface area (Å²) in [6, 6.07) is 11.7. The SMILES string of the molecule is COc1ccc(CNc2ccc(Cl)c(C)c2)c(OC)c1. The Morgan fingerprint density at radius 1 is 1.05 bits per heavy atom. The van der Waals surface area contributed by atoms with E-state index in [1.807, 2.05) is 43.3 Å². The van der Waals surface area contributed by atoms with Crippen LogP contribution in [0.3, 0.4) is 0 Å². The average Bonchev–Trinajstić information content (AvgIpc) is 2.48. The van der Waals surface area contributed by atoms with Gasteiger partial charge in [-0.3, -0.25) is 0 Å². The van der Waals surface area contributed by atoms with Gasteiger partial charge in [0.15, 0.2) is 0 Å². The average molecular weight is 292 g/mol. The van der Waals surface area contributed by atoms with Gasteiger partial charge in [-0.05, 0) is 42.8 Å². The van der Waals surface area contributed by atoms with E-state index in [2.05, 4.69) is 5.32 Å². The minimum atomic E-state index is 0.675. The van der Waals surface area contributed by atoms with Crippen LogP contribution < -0.4 is 14.8 Å². The van der Waals surface area contributed by atoms with Gasteiger partial charge in [0, 0.05) is 28.9 Å². The molecule has 0 aliphatic carbocycles. The summed E-state index contributed by atoms with van der Waals surface area (Å²) in [7, 11) is 3.30. The fourth-order valence-electron chi connectivity index (χ4n) is 1.95. The first kappa shape index (κ1) is 14.5. The summed E-state index contributed by atoms with van der Waals surface area (Å²) in [5.41, 5.74) is 3.16. The van der Waals surface area contributed by atoms with Gasteiger partial charge in [-0.25, -0.2) is 0 Å². The van der Waals surface area contributed by atoms with Crippen molar-refractivity contribution in [2.45, 2.75) is 13.5 Å². The maximum atomic E-state index is 6.02. The van der Waals surface area contributed by atoms with Gasteiger partial charge in [0.2, 0.25) is 0 Å². The number of methoxy groups -OCH3 is 2. The lowest BCUT2D eigenvalue weighted by Gasteiger charge is -2.12. The van der Waals surface area contributed by atoms with E-state index in [4.69, 9.17) is 21.1 Å². The highest BCUT2D eigenvalue weighted by Crippen LogP contribution is 2.26. The first-order chi connectivity index (χ1) is 9.63. The Labute approximate surface area is 124 Å². The summed E-state index contributed by atoms with van der Waals surface area (Å²) in [5.74, 6) is 1.59. The van der Waals surface area contributed by atoms with E-state index >= 15 is 0 Å². The molecule has 0 unspecified atom stereocenters. The molecule has 0 aliphatic heterocycles. The molecule has 20 heavy (non-hydrogen) atoms. The van der Waals surface area contributed by atoms with Crippen molar-refractivity contribution in [2.75, 3.05) is 19.5 Å². The number of benzene rings is 2. The fourth-order valence-corrected chi connectivity index (χ4v) is 2.07. The molecule has 2 aromatic carbocycles. The lowest BCUT2D eigenvalue weighted by molar-refractivity contribution is 0.391. The monoisotopic (exact) mass is 291 g/mol. The molecule has 0 aromatic heterocycles. The van der Waals surface area contributed by atoms with E-state index in [1.54, 1.807) is 14.2 Å². The summed E-state index contributed by atoms with van der Waals surface area (Å²) in [6.07, 6.45) is 0. The summed E-state index contributed by atoms with van der Waals surface area (Å²) >= 11 is 6.02. The molecule has 1 N–H and O–H groups in total. The number of halogens is 1. The standard InChI is InChI=1S/C16H18ClNO2/c1-11-8-13(5-7-15(11)17)18-10-12-4-6-14(19-2)9-16(12)20-3/h4-9,18H,10H2,1-3H3. The number of aryl methyl sites for hydroxylation is 1. The highest BCUT2D eigenvalue weighted by atomic mass is 35.5. The van der Waals surface area contributed by atoms with E-state index in [9.17, 15) is 0 Å². The number of hydrogen-bond acceptors (Lipinski definition) is 3. The molecule has 0 saturated heterocycles. The predicted molar refractivity (Wildman–Crippen MR) is 83.1 cm³/mol. The van der Waals surface area contributed by atoms with Crippen LogP contribution in [-0.4, -0.2) is 14.2 Å². The zero-order valence-corrected chi connectivity index (χ0v) is 12.6. The Morgan fingerprint density at radius 3 is 2.50 bits per heavy atom. The van der Waals surface area contributed by atoms with Gasteiger partial charge in [-0.1, -0.05) is 11.6 Å². The quantitative estimate of drug-likeness (QED) is 0.892. The molecule has 0 saturated carbocycles. The molecule has 106 valence electrons. The van der Waals surface area contributed by atoms with E-state index in [0.29, 0.717) is 6.54 Å². The van der Waals surface area contributed by atoms with Crippen LogP contribution in [0.4, 0.5) is 5.69 Å². The Kier molecular flexibility index (Phi) is 4.74. The van der Waals surface area contributed by atoms with Crippen molar-refractivity contribution in [2.24, 2.45) is 0 Å². The second-order valence-corrected chi connectivity index (χ2v) is 4.90. The molecule has 4 heteroatoms. The third kappa shape index (κ3) is 3.36. The molecule has 0 bridgehead atoms. The maximum absolute atomic E-state index is 6.02. The number of nitrogens with one attached hydrogen (secondary N) is 1. The third-order valence-electron chi connectivity index (χ3n) is 3.14. The van der Waals surface area contributed by atoms with Crippen molar-refractivity contribution in [3.05, 3.63) is 52.5 Å². The fraction of sp³-hybridized carbons (Fsp3) is 0.250. The summed E-state index contributed by atoms with van der Waals surface area (Å²) in [5, 5.41) is 4.14. The van der Waals surface area contributed by atoms with Gasteiger partial charge < -0.3 is 14.8 Å². The van der Waals surface area contributed by atoms with Crippen molar-refractivity contribution in [1.29, 1.82) is 0 Å². The minimum Gasteiger partial charge on any atom is -0.497 e. The first-order valence-corrected chi connectivity index (χ1v) is 6.72. The van der Waals surface area contributed by atoms with Gasteiger partial charge in [-0.15, -0.1) is 0 Å². The highest BCUT2D eigenvalue weighted by Gasteiger charge is 2.05. The van der Waals surface area contributed by atoms with Gasteiger partial charge >= 0.3 is 0 Å². The number of hydrogen-bond donors (Lipinski definition) is 1. The summed E-state index contributed by atoms with van der Waals surface area (Å²) in [6.45, 7) is 2.66. The van der Waals surface area contributed by atoms with E-state index < -0.39 is 0 Å². The topological polar surface area (TPSA) is 30.5 Å². The normalized spacial score (nSPS) is 10.2. The second kappa shape index (κ2) is 6.53. The van der Waals surface area contributed by atoms with Crippen molar-refractivity contribution >= 4 is 17.3 Å². The van der Waals surface area contributed by atoms with Crippen molar-refractivity contribution in [3.63, 3.8) is 0 Å². The summed E-state index contributed by atoms with van der Waals surface area (Å²) in [4.78, 5) is 0. The van der Waals surface area contributed by atoms with E-state index in [0.717, 1.165) is 33.3 Å². The molecule has 0 aliphatic rings. The van der Waals surface area contributed by atoms with Crippen LogP contribution in [0.15, 0.2) is 36.4 Å².